The average Bonchev–Trinajstić information content (AvgIpc) is 2.64. The van der Waals surface area contributed by atoms with Crippen LogP contribution in [0.5, 0.6) is 11.5 Å². The second-order valence-electron chi connectivity index (χ2n) is 5.17. The summed E-state index contributed by atoms with van der Waals surface area (Å²) >= 11 is 3.42. The molecule has 0 fully saturated rings. The SMILES string of the molecule is C=CCOC(=O)/C=C/c1cc(Br)c(OCc2ccccc2F)c(OC)c1. The van der Waals surface area contributed by atoms with Crippen molar-refractivity contribution in [1.29, 1.82) is 0 Å². The third-order valence-electron chi connectivity index (χ3n) is 3.34. The van der Waals surface area contributed by atoms with Gasteiger partial charge in [0.15, 0.2) is 11.5 Å². The molecule has 4 nitrogen and oxygen atoms in total. The summed E-state index contributed by atoms with van der Waals surface area (Å²) in [6, 6.07) is 9.87. The summed E-state index contributed by atoms with van der Waals surface area (Å²) in [5, 5.41) is 0. The van der Waals surface area contributed by atoms with Crippen LogP contribution in [-0.2, 0) is 16.1 Å². The first kappa shape index (κ1) is 19.7. The van der Waals surface area contributed by atoms with Crippen molar-refractivity contribution in [3.8, 4) is 11.5 Å². The van der Waals surface area contributed by atoms with E-state index in [1.54, 1.807) is 36.4 Å². The second kappa shape index (κ2) is 9.77. The number of benzene rings is 2. The summed E-state index contributed by atoms with van der Waals surface area (Å²) in [4.78, 5) is 11.5. The highest BCUT2D eigenvalue weighted by Crippen LogP contribution is 2.37. The van der Waals surface area contributed by atoms with Gasteiger partial charge >= 0.3 is 5.97 Å². The lowest BCUT2D eigenvalue weighted by atomic mass is 10.2. The molecule has 2 aromatic rings. The number of ether oxygens (including phenoxy) is 3. The zero-order chi connectivity index (χ0) is 18.9. The Bertz CT molecular complexity index is 817. The quantitative estimate of drug-likeness (QED) is 0.345. The van der Waals surface area contributed by atoms with Crippen molar-refractivity contribution < 1.29 is 23.4 Å². The van der Waals surface area contributed by atoms with E-state index in [-0.39, 0.29) is 19.0 Å². The molecule has 0 saturated heterocycles. The molecule has 0 aliphatic carbocycles. The summed E-state index contributed by atoms with van der Waals surface area (Å²) in [6.45, 7) is 3.69. The Hall–Kier alpha value is -2.60. The summed E-state index contributed by atoms with van der Waals surface area (Å²) in [6.07, 6.45) is 4.40. The van der Waals surface area contributed by atoms with Crippen molar-refractivity contribution >= 4 is 28.0 Å². The highest BCUT2D eigenvalue weighted by atomic mass is 79.9. The van der Waals surface area contributed by atoms with Gasteiger partial charge in [0.25, 0.3) is 0 Å². The van der Waals surface area contributed by atoms with Crippen molar-refractivity contribution in [2.24, 2.45) is 0 Å². The molecule has 2 aromatic carbocycles. The fourth-order valence-corrected chi connectivity index (χ4v) is 2.67. The highest BCUT2D eigenvalue weighted by Gasteiger charge is 2.12. The topological polar surface area (TPSA) is 44.8 Å². The van der Waals surface area contributed by atoms with Crippen molar-refractivity contribution in [2.75, 3.05) is 13.7 Å². The molecule has 136 valence electrons. The second-order valence-corrected chi connectivity index (χ2v) is 6.02. The minimum absolute atomic E-state index is 0.0602. The van der Waals surface area contributed by atoms with Gasteiger partial charge in [-0.3, -0.25) is 0 Å². The van der Waals surface area contributed by atoms with Crippen molar-refractivity contribution in [3.05, 3.63) is 76.5 Å². The van der Waals surface area contributed by atoms with Gasteiger partial charge in [-0.2, -0.15) is 0 Å². The lowest BCUT2D eigenvalue weighted by Gasteiger charge is -2.14. The first-order chi connectivity index (χ1) is 12.5. The monoisotopic (exact) mass is 420 g/mol. The van der Waals surface area contributed by atoms with Crippen LogP contribution in [0.4, 0.5) is 4.39 Å². The third-order valence-corrected chi connectivity index (χ3v) is 3.93. The first-order valence-corrected chi connectivity index (χ1v) is 8.54. The minimum Gasteiger partial charge on any atom is -0.493 e. The predicted octanol–water partition coefficient (Wildman–Crippen LogP) is 4.92. The van der Waals surface area contributed by atoms with E-state index in [9.17, 15) is 9.18 Å². The van der Waals surface area contributed by atoms with Gasteiger partial charge in [0.1, 0.15) is 19.0 Å². The Morgan fingerprint density at radius 1 is 1.31 bits per heavy atom. The number of carbonyl (C=O) groups is 1. The summed E-state index contributed by atoms with van der Waals surface area (Å²) in [5.74, 6) is 0.0945. The van der Waals surface area contributed by atoms with Gasteiger partial charge in [-0.05, 0) is 45.8 Å². The molecule has 0 radical (unpaired) electrons. The molecular formula is C20H18BrFO4. The van der Waals surface area contributed by atoms with E-state index in [1.807, 2.05) is 0 Å². The Balaban J connectivity index is 2.16. The molecule has 26 heavy (non-hydrogen) atoms. The van der Waals surface area contributed by atoms with E-state index in [1.165, 1.54) is 25.3 Å². The van der Waals surface area contributed by atoms with Gasteiger partial charge in [-0.25, -0.2) is 9.18 Å². The Morgan fingerprint density at radius 2 is 2.08 bits per heavy atom. The first-order valence-electron chi connectivity index (χ1n) is 7.74. The van der Waals surface area contributed by atoms with Crippen LogP contribution < -0.4 is 9.47 Å². The van der Waals surface area contributed by atoms with Crippen molar-refractivity contribution in [2.45, 2.75) is 6.61 Å². The van der Waals surface area contributed by atoms with Crippen molar-refractivity contribution in [3.63, 3.8) is 0 Å². The van der Waals surface area contributed by atoms with E-state index in [0.717, 1.165) is 0 Å². The van der Waals surface area contributed by atoms with Crippen LogP contribution in [0.3, 0.4) is 0 Å². The van der Waals surface area contributed by atoms with Crippen LogP contribution in [-0.4, -0.2) is 19.7 Å². The molecule has 0 saturated carbocycles. The van der Waals surface area contributed by atoms with Gasteiger partial charge in [0, 0.05) is 11.6 Å². The average molecular weight is 421 g/mol. The highest BCUT2D eigenvalue weighted by molar-refractivity contribution is 9.10. The number of methoxy groups -OCH3 is 1. The van der Waals surface area contributed by atoms with Crippen LogP contribution >= 0.6 is 15.9 Å². The molecule has 0 heterocycles. The van der Waals surface area contributed by atoms with E-state index in [0.29, 0.717) is 27.1 Å². The number of hydrogen-bond donors (Lipinski definition) is 0. The van der Waals surface area contributed by atoms with Gasteiger partial charge in [-0.1, -0.05) is 30.9 Å². The smallest absolute Gasteiger partial charge is 0.331 e. The fourth-order valence-electron chi connectivity index (χ4n) is 2.09. The predicted molar refractivity (Wildman–Crippen MR) is 102 cm³/mol. The summed E-state index contributed by atoms with van der Waals surface area (Å²) < 4.78 is 30.3. The zero-order valence-electron chi connectivity index (χ0n) is 14.2. The largest absolute Gasteiger partial charge is 0.493 e. The van der Waals surface area contributed by atoms with E-state index in [4.69, 9.17) is 14.2 Å². The van der Waals surface area contributed by atoms with Crippen LogP contribution in [0.15, 0.2) is 59.6 Å². The molecule has 0 amide bonds. The molecule has 0 aromatic heterocycles. The number of hydrogen-bond acceptors (Lipinski definition) is 4. The Morgan fingerprint density at radius 3 is 2.77 bits per heavy atom. The summed E-state index contributed by atoms with van der Waals surface area (Å²) in [5.41, 5.74) is 1.15. The van der Waals surface area contributed by atoms with Crippen LogP contribution in [0.25, 0.3) is 6.08 Å². The van der Waals surface area contributed by atoms with E-state index in [2.05, 4.69) is 22.5 Å². The molecule has 2 rings (SSSR count). The summed E-state index contributed by atoms with van der Waals surface area (Å²) in [7, 11) is 1.50. The minimum atomic E-state index is -0.472. The van der Waals surface area contributed by atoms with Gasteiger partial charge < -0.3 is 14.2 Å². The molecular weight excluding hydrogens is 403 g/mol. The van der Waals surface area contributed by atoms with Gasteiger partial charge in [-0.15, -0.1) is 0 Å². The van der Waals surface area contributed by atoms with Crippen molar-refractivity contribution in [1.82, 2.24) is 0 Å². The standard InChI is InChI=1S/C20H18BrFO4/c1-3-10-25-19(23)9-8-14-11-16(21)20(18(12-14)24-2)26-13-15-6-4-5-7-17(15)22/h3-9,11-12H,1,10,13H2,2H3/b9-8+. The molecule has 0 bridgehead atoms. The molecule has 0 N–H and O–H groups in total. The maximum atomic E-state index is 13.7. The molecule has 0 unspecified atom stereocenters. The van der Waals surface area contributed by atoms with Crippen LogP contribution in [0.1, 0.15) is 11.1 Å². The molecule has 6 heteroatoms. The van der Waals surface area contributed by atoms with Crippen LogP contribution in [0, 0.1) is 5.82 Å². The lowest BCUT2D eigenvalue weighted by molar-refractivity contribution is -0.136. The maximum Gasteiger partial charge on any atom is 0.331 e. The number of esters is 1. The normalized spacial score (nSPS) is 10.6. The Kier molecular flexibility index (Phi) is 7.41. The van der Waals surface area contributed by atoms with Gasteiger partial charge in [0.2, 0.25) is 0 Å². The molecule has 0 aliphatic rings. The fraction of sp³-hybridized carbons (Fsp3) is 0.150. The molecule has 0 spiro atoms. The van der Waals surface area contributed by atoms with Gasteiger partial charge in [0.05, 0.1) is 11.6 Å². The van der Waals surface area contributed by atoms with Crippen LogP contribution in [0.2, 0.25) is 0 Å². The number of carbonyl (C=O) groups excluding carboxylic acids is 1. The Labute approximate surface area is 160 Å². The number of halogens is 2. The molecule has 0 atom stereocenters. The number of rotatable bonds is 8. The maximum absolute atomic E-state index is 13.7. The van der Waals surface area contributed by atoms with E-state index >= 15 is 0 Å². The lowest BCUT2D eigenvalue weighted by Crippen LogP contribution is -2.01. The zero-order valence-corrected chi connectivity index (χ0v) is 15.8. The third kappa shape index (κ3) is 5.46. The van der Waals surface area contributed by atoms with E-state index < -0.39 is 5.97 Å². The molecule has 0 aliphatic heterocycles.